The first-order chi connectivity index (χ1) is 7.29. The van der Waals surface area contributed by atoms with Gasteiger partial charge in [-0.1, -0.05) is 6.07 Å². The highest BCUT2D eigenvalue weighted by Crippen LogP contribution is 2.13. The molecule has 1 aromatic heterocycles. The number of aromatic nitrogens is 1. The molecule has 76 valence electrons. The van der Waals surface area contributed by atoms with Crippen LogP contribution in [0.1, 0.15) is 18.4 Å². The van der Waals surface area contributed by atoms with Gasteiger partial charge in [-0.05, 0) is 30.5 Å². The monoisotopic (exact) mass is 202 g/mol. The van der Waals surface area contributed by atoms with E-state index in [1.165, 1.54) is 0 Å². The van der Waals surface area contributed by atoms with Crippen molar-refractivity contribution in [3.8, 4) is 6.07 Å². The van der Waals surface area contributed by atoms with Crippen LogP contribution in [0.5, 0.6) is 0 Å². The Bertz CT molecular complexity index is 560. The average molecular weight is 202 g/mol. The number of nitrogens with zero attached hydrogens (tertiary/aromatic N) is 1. The first kappa shape index (κ1) is 9.53. The molecule has 0 aliphatic rings. The molecule has 2 rings (SSSR count). The molecule has 4 heteroatoms. The molecule has 1 N–H and O–H groups in total. The third kappa shape index (κ3) is 2.08. The van der Waals surface area contributed by atoms with Gasteiger partial charge in [-0.2, -0.15) is 5.26 Å². The van der Waals surface area contributed by atoms with Crippen LogP contribution >= 0.6 is 0 Å². The van der Waals surface area contributed by atoms with Gasteiger partial charge in [-0.25, -0.2) is 4.79 Å². The van der Waals surface area contributed by atoms with Crippen LogP contribution in [0.25, 0.3) is 11.1 Å². The van der Waals surface area contributed by atoms with Gasteiger partial charge in [0.05, 0.1) is 11.6 Å². The van der Waals surface area contributed by atoms with E-state index in [1.54, 1.807) is 0 Å². The minimum atomic E-state index is -0.431. The molecular formula is C11H10N2O2. The second kappa shape index (κ2) is 4.01. The lowest BCUT2D eigenvalue weighted by Gasteiger charge is -1.97. The van der Waals surface area contributed by atoms with E-state index >= 15 is 0 Å². The highest BCUT2D eigenvalue weighted by molar-refractivity contribution is 5.72. The van der Waals surface area contributed by atoms with Gasteiger partial charge in [0.25, 0.3) is 0 Å². The van der Waals surface area contributed by atoms with E-state index < -0.39 is 5.76 Å². The Morgan fingerprint density at radius 1 is 1.47 bits per heavy atom. The zero-order valence-corrected chi connectivity index (χ0v) is 8.12. The van der Waals surface area contributed by atoms with Crippen molar-refractivity contribution in [2.75, 3.05) is 0 Å². The Labute approximate surface area is 86.1 Å². The van der Waals surface area contributed by atoms with Crippen LogP contribution in [0.15, 0.2) is 27.4 Å². The zero-order valence-electron chi connectivity index (χ0n) is 8.12. The van der Waals surface area contributed by atoms with Crippen molar-refractivity contribution in [2.24, 2.45) is 0 Å². The lowest BCUT2D eigenvalue weighted by Crippen LogP contribution is -1.92. The highest BCUT2D eigenvalue weighted by Gasteiger charge is 2.01. The van der Waals surface area contributed by atoms with Crippen molar-refractivity contribution >= 4 is 11.1 Å². The molecule has 4 nitrogen and oxygen atoms in total. The molecule has 0 spiro atoms. The highest BCUT2D eigenvalue weighted by atomic mass is 16.4. The largest absolute Gasteiger partial charge is 0.417 e. The molecule has 0 radical (unpaired) electrons. The fourth-order valence-corrected chi connectivity index (χ4v) is 1.52. The Morgan fingerprint density at radius 3 is 3.13 bits per heavy atom. The molecule has 0 saturated carbocycles. The van der Waals surface area contributed by atoms with Gasteiger partial charge < -0.3 is 4.42 Å². The maximum Gasteiger partial charge on any atom is 0.417 e. The molecule has 0 amide bonds. The minimum Gasteiger partial charge on any atom is -0.408 e. The summed E-state index contributed by atoms with van der Waals surface area (Å²) < 4.78 is 4.94. The van der Waals surface area contributed by atoms with Crippen LogP contribution in [-0.4, -0.2) is 4.98 Å². The summed E-state index contributed by atoms with van der Waals surface area (Å²) >= 11 is 0. The van der Waals surface area contributed by atoms with E-state index in [2.05, 4.69) is 11.1 Å². The van der Waals surface area contributed by atoms with E-state index in [-0.39, 0.29) is 0 Å². The summed E-state index contributed by atoms with van der Waals surface area (Å²) in [6, 6.07) is 7.69. The van der Waals surface area contributed by atoms with Gasteiger partial charge in [-0.15, -0.1) is 0 Å². The van der Waals surface area contributed by atoms with E-state index in [0.717, 1.165) is 18.4 Å². The van der Waals surface area contributed by atoms with Gasteiger partial charge in [0, 0.05) is 6.42 Å². The molecule has 0 aliphatic carbocycles. The zero-order chi connectivity index (χ0) is 10.7. The number of unbranched alkanes of at least 4 members (excludes halogenated alkanes) is 1. The molecular weight excluding hydrogens is 192 g/mol. The second-order valence-corrected chi connectivity index (χ2v) is 3.36. The van der Waals surface area contributed by atoms with E-state index in [1.807, 2.05) is 18.2 Å². The number of nitrogens with one attached hydrogen (secondary N) is 1. The summed E-state index contributed by atoms with van der Waals surface area (Å²) in [5.41, 5.74) is 2.37. The van der Waals surface area contributed by atoms with Gasteiger partial charge in [0.2, 0.25) is 0 Å². The lowest BCUT2D eigenvalue weighted by molar-refractivity contribution is 0.555. The molecule has 1 heterocycles. The number of aromatic amines is 1. The third-order valence-corrected chi connectivity index (χ3v) is 2.24. The summed E-state index contributed by atoms with van der Waals surface area (Å²) in [5.74, 6) is -0.431. The average Bonchev–Trinajstić information content (AvgIpc) is 2.57. The molecule has 0 aliphatic heterocycles. The fourth-order valence-electron chi connectivity index (χ4n) is 1.52. The van der Waals surface area contributed by atoms with Crippen LogP contribution in [-0.2, 0) is 6.42 Å². The van der Waals surface area contributed by atoms with Crippen molar-refractivity contribution in [3.05, 3.63) is 34.3 Å². The van der Waals surface area contributed by atoms with Gasteiger partial charge in [0.1, 0.15) is 0 Å². The number of aryl methyl sites for hydroxylation is 1. The third-order valence-electron chi connectivity index (χ3n) is 2.24. The molecule has 0 atom stereocenters. The molecule has 0 fully saturated rings. The maximum atomic E-state index is 10.9. The van der Waals surface area contributed by atoms with Gasteiger partial charge >= 0.3 is 5.76 Å². The van der Waals surface area contributed by atoms with E-state index in [9.17, 15) is 4.79 Å². The van der Waals surface area contributed by atoms with Crippen molar-refractivity contribution in [3.63, 3.8) is 0 Å². The molecule has 15 heavy (non-hydrogen) atoms. The van der Waals surface area contributed by atoms with Crippen molar-refractivity contribution in [1.82, 2.24) is 4.98 Å². The summed E-state index contributed by atoms with van der Waals surface area (Å²) in [5, 5.41) is 8.40. The number of oxazole rings is 1. The molecule has 1 aromatic carbocycles. The molecule has 0 unspecified atom stereocenters. The first-order valence-electron chi connectivity index (χ1n) is 4.78. The van der Waals surface area contributed by atoms with Crippen molar-refractivity contribution in [1.29, 1.82) is 5.26 Å². The Hall–Kier alpha value is -2.02. The van der Waals surface area contributed by atoms with Crippen LogP contribution < -0.4 is 5.76 Å². The molecule has 0 saturated heterocycles. The smallest absolute Gasteiger partial charge is 0.408 e. The normalized spacial score (nSPS) is 10.3. The quantitative estimate of drug-likeness (QED) is 0.773. The van der Waals surface area contributed by atoms with Gasteiger partial charge in [-0.3, -0.25) is 4.98 Å². The summed E-state index contributed by atoms with van der Waals surface area (Å²) in [4.78, 5) is 13.5. The topological polar surface area (TPSA) is 69.8 Å². The Kier molecular flexibility index (Phi) is 2.55. The maximum absolute atomic E-state index is 10.9. The van der Waals surface area contributed by atoms with Crippen molar-refractivity contribution < 1.29 is 4.42 Å². The number of nitriles is 1. The SMILES string of the molecule is N#CCCCc1ccc2[nH]c(=O)oc2c1. The number of hydrogen-bond donors (Lipinski definition) is 1. The summed E-state index contributed by atoms with van der Waals surface area (Å²) in [7, 11) is 0. The van der Waals surface area contributed by atoms with Crippen LogP contribution in [0, 0.1) is 11.3 Å². The predicted molar refractivity (Wildman–Crippen MR) is 55.4 cm³/mol. The fraction of sp³-hybridized carbons (Fsp3) is 0.273. The van der Waals surface area contributed by atoms with Crippen LogP contribution in [0.2, 0.25) is 0 Å². The van der Waals surface area contributed by atoms with E-state index in [0.29, 0.717) is 17.5 Å². The number of benzene rings is 1. The Morgan fingerprint density at radius 2 is 2.33 bits per heavy atom. The number of fused-ring (bicyclic) bond motifs is 1. The van der Waals surface area contributed by atoms with Gasteiger partial charge in [0.15, 0.2) is 5.58 Å². The predicted octanol–water partition coefficient (Wildman–Crippen LogP) is 1.97. The lowest BCUT2D eigenvalue weighted by atomic mass is 10.1. The number of hydrogen-bond acceptors (Lipinski definition) is 3. The molecule has 2 aromatic rings. The standard InChI is InChI=1S/C11H10N2O2/c12-6-2-1-3-8-4-5-9-10(7-8)15-11(14)13-9/h4-5,7H,1-3H2,(H,13,14). The second-order valence-electron chi connectivity index (χ2n) is 3.36. The number of H-pyrrole nitrogens is 1. The minimum absolute atomic E-state index is 0.431. The van der Waals surface area contributed by atoms with Crippen LogP contribution in [0.4, 0.5) is 0 Å². The van der Waals surface area contributed by atoms with Crippen LogP contribution in [0.3, 0.4) is 0 Å². The number of rotatable bonds is 3. The first-order valence-corrected chi connectivity index (χ1v) is 4.78. The summed E-state index contributed by atoms with van der Waals surface area (Å²) in [6.45, 7) is 0. The Balaban J connectivity index is 2.23. The van der Waals surface area contributed by atoms with Crippen molar-refractivity contribution in [2.45, 2.75) is 19.3 Å². The van der Waals surface area contributed by atoms with E-state index in [4.69, 9.17) is 9.68 Å². The molecule has 0 bridgehead atoms. The summed E-state index contributed by atoms with van der Waals surface area (Å²) in [6.07, 6.45) is 2.21.